The van der Waals surface area contributed by atoms with E-state index in [1.807, 2.05) is 0 Å². The molecule has 3 N–H and O–H groups in total. The molecule has 0 saturated carbocycles. The highest BCUT2D eigenvalue weighted by atomic mass is 16.3. The second-order valence-electron chi connectivity index (χ2n) is 6.54. The number of anilines is 1. The molecule has 1 aromatic rings. The van der Waals surface area contributed by atoms with E-state index in [0.717, 1.165) is 18.5 Å². The quantitative estimate of drug-likeness (QED) is 0.462. The van der Waals surface area contributed by atoms with Crippen LogP contribution in [0.4, 0.5) is 10.5 Å². The van der Waals surface area contributed by atoms with Crippen molar-refractivity contribution in [2.24, 2.45) is 5.73 Å². The van der Waals surface area contributed by atoms with E-state index in [1.165, 1.54) is 57.8 Å². The molecular formula is C20H34N2O2. The fourth-order valence-electron chi connectivity index (χ4n) is 2.93. The van der Waals surface area contributed by atoms with Gasteiger partial charge in [0, 0.05) is 12.2 Å². The van der Waals surface area contributed by atoms with E-state index in [2.05, 4.69) is 6.92 Å². The fraction of sp³-hybridized carbons (Fsp3) is 0.650. The molecule has 4 nitrogen and oxygen atoms in total. The largest absolute Gasteiger partial charge is 0.508 e. The van der Waals surface area contributed by atoms with E-state index >= 15 is 0 Å². The van der Waals surface area contributed by atoms with Crippen LogP contribution in [-0.2, 0) is 0 Å². The van der Waals surface area contributed by atoms with Gasteiger partial charge >= 0.3 is 6.03 Å². The van der Waals surface area contributed by atoms with Crippen molar-refractivity contribution in [2.75, 3.05) is 11.4 Å². The summed E-state index contributed by atoms with van der Waals surface area (Å²) < 4.78 is 0. The van der Waals surface area contributed by atoms with Gasteiger partial charge in [-0.15, -0.1) is 0 Å². The number of phenolic OH excluding ortho intramolecular Hbond substituents is 1. The van der Waals surface area contributed by atoms with E-state index < -0.39 is 6.03 Å². The summed E-state index contributed by atoms with van der Waals surface area (Å²) in [5, 5.41) is 9.32. The second-order valence-corrected chi connectivity index (χ2v) is 6.54. The van der Waals surface area contributed by atoms with E-state index in [0.29, 0.717) is 6.54 Å². The van der Waals surface area contributed by atoms with Crippen molar-refractivity contribution in [1.29, 1.82) is 0 Å². The van der Waals surface area contributed by atoms with Crippen LogP contribution in [0.1, 0.15) is 77.6 Å². The van der Waals surface area contributed by atoms with Crippen LogP contribution >= 0.6 is 0 Å². The molecule has 0 radical (unpaired) electrons. The Morgan fingerprint density at radius 2 is 1.33 bits per heavy atom. The van der Waals surface area contributed by atoms with Crippen molar-refractivity contribution in [1.82, 2.24) is 0 Å². The average Bonchev–Trinajstić information content (AvgIpc) is 2.57. The lowest BCUT2D eigenvalue weighted by Gasteiger charge is -2.20. The summed E-state index contributed by atoms with van der Waals surface area (Å²) in [7, 11) is 0. The van der Waals surface area contributed by atoms with Crippen molar-refractivity contribution >= 4 is 11.7 Å². The number of urea groups is 1. The number of unbranched alkanes of at least 4 members (excludes halogenated alkanes) is 10. The SMILES string of the molecule is CCCCCCCCCCCCCN(C(N)=O)c1ccc(O)cc1. The molecule has 0 heterocycles. The lowest BCUT2D eigenvalue weighted by atomic mass is 10.1. The molecule has 2 amide bonds. The van der Waals surface area contributed by atoms with Crippen molar-refractivity contribution in [2.45, 2.75) is 77.6 Å². The van der Waals surface area contributed by atoms with Gasteiger partial charge in [0.2, 0.25) is 0 Å². The molecule has 4 heteroatoms. The molecule has 0 bridgehead atoms. The standard InChI is InChI=1S/C20H34N2O2/c1-2-3-4-5-6-7-8-9-10-11-12-17-22(20(21)24)18-13-15-19(23)16-14-18/h13-16,23H,2-12,17H2,1H3,(H2,21,24). The molecule has 0 atom stereocenters. The number of carbonyl (C=O) groups is 1. The number of benzene rings is 1. The van der Waals surface area contributed by atoms with Crippen molar-refractivity contribution in [3.8, 4) is 5.75 Å². The van der Waals surface area contributed by atoms with Crippen LogP contribution in [0.15, 0.2) is 24.3 Å². The summed E-state index contributed by atoms with van der Waals surface area (Å²) in [6, 6.07) is 6.15. The Morgan fingerprint density at radius 1 is 0.875 bits per heavy atom. The Bertz CT molecular complexity index is 445. The van der Waals surface area contributed by atoms with Crippen molar-refractivity contribution < 1.29 is 9.90 Å². The van der Waals surface area contributed by atoms with Gasteiger partial charge in [-0.1, -0.05) is 71.1 Å². The molecule has 0 aliphatic heterocycles. The average molecular weight is 335 g/mol. The van der Waals surface area contributed by atoms with Crippen molar-refractivity contribution in [3.63, 3.8) is 0 Å². The van der Waals surface area contributed by atoms with Gasteiger partial charge in [0.25, 0.3) is 0 Å². The van der Waals surface area contributed by atoms with Gasteiger partial charge in [-0.05, 0) is 30.7 Å². The third-order valence-corrected chi connectivity index (χ3v) is 4.41. The van der Waals surface area contributed by atoms with Gasteiger partial charge < -0.3 is 10.8 Å². The van der Waals surface area contributed by atoms with Gasteiger partial charge in [-0.25, -0.2) is 4.79 Å². The number of phenols is 1. The smallest absolute Gasteiger partial charge is 0.319 e. The maximum Gasteiger partial charge on any atom is 0.319 e. The maximum atomic E-state index is 11.6. The summed E-state index contributed by atoms with van der Waals surface area (Å²) in [6.07, 6.45) is 14.1. The molecule has 0 unspecified atom stereocenters. The molecule has 0 saturated heterocycles. The molecule has 1 rings (SSSR count). The van der Waals surface area contributed by atoms with Crippen LogP contribution in [0.2, 0.25) is 0 Å². The number of primary amides is 1. The first-order valence-corrected chi connectivity index (χ1v) is 9.51. The highest BCUT2D eigenvalue weighted by Crippen LogP contribution is 2.19. The number of nitrogens with two attached hydrogens (primary N) is 1. The molecule has 0 fully saturated rings. The van der Waals surface area contributed by atoms with Gasteiger partial charge in [0.15, 0.2) is 0 Å². The maximum absolute atomic E-state index is 11.6. The van der Waals surface area contributed by atoms with E-state index in [-0.39, 0.29) is 5.75 Å². The molecule has 1 aromatic carbocycles. The summed E-state index contributed by atoms with van der Waals surface area (Å²) in [5.41, 5.74) is 6.20. The van der Waals surface area contributed by atoms with Crippen LogP contribution in [0.5, 0.6) is 5.75 Å². The Labute approximate surface area is 147 Å². The minimum absolute atomic E-state index is 0.192. The van der Waals surface area contributed by atoms with Crippen LogP contribution in [0, 0.1) is 0 Å². The lowest BCUT2D eigenvalue weighted by molar-refractivity contribution is 0.253. The summed E-state index contributed by atoms with van der Waals surface area (Å²) >= 11 is 0. The Kier molecular flexibility index (Phi) is 10.7. The van der Waals surface area contributed by atoms with Crippen molar-refractivity contribution in [3.05, 3.63) is 24.3 Å². The van der Waals surface area contributed by atoms with Crippen LogP contribution < -0.4 is 10.6 Å². The number of amides is 2. The predicted octanol–water partition coefficient (Wildman–Crippen LogP) is 5.59. The summed E-state index contributed by atoms with van der Waals surface area (Å²) in [6.45, 7) is 2.89. The molecular weight excluding hydrogens is 300 g/mol. The first-order valence-electron chi connectivity index (χ1n) is 9.51. The third-order valence-electron chi connectivity index (χ3n) is 4.41. The zero-order chi connectivity index (χ0) is 17.6. The highest BCUT2D eigenvalue weighted by molar-refractivity contribution is 5.90. The second kappa shape index (κ2) is 12.7. The number of nitrogens with zero attached hydrogens (tertiary/aromatic N) is 1. The molecule has 0 aromatic heterocycles. The monoisotopic (exact) mass is 334 g/mol. The molecule has 0 aliphatic carbocycles. The van der Waals surface area contributed by atoms with Crippen LogP contribution in [0.25, 0.3) is 0 Å². The van der Waals surface area contributed by atoms with E-state index in [9.17, 15) is 9.90 Å². The minimum atomic E-state index is -0.437. The van der Waals surface area contributed by atoms with Crippen LogP contribution in [-0.4, -0.2) is 17.7 Å². The Balaban J connectivity index is 2.10. The molecule has 24 heavy (non-hydrogen) atoms. The first kappa shape index (κ1) is 20.3. The zero-order valence-electron chi connectivity index (χ0n) is 15.2. The number of hydrogen-bond donors (Lipinski definition) is 2. The van der Waals surface area contributed by atoms with E-state index in [4.69, 9.17) is 5.73 Å². The highest BCUT2D eigenvalue weighted by Gasteiger charge is 2.11. The van der Waals surface area contributed by atoms with Crippen LogP contribution in [0.3, 0.4) is 0 Å². The normalized spacial score (nSPS) is 10.7. The first-order chi connectivity index (χ1) is 11.6. The van der Waals surface area contributed by atoms with Gasteiger partial charge in [-0.3, -0.25) is 4.90 Å². The van der Waals surface area contributed by atoms with Gasteiger partial charge in [-0.2, -0.15) is 0 Å². The third kappa shape index (κ3) is 8.80. The predicted molar refractivity (Wildman–Crippen MR) is 101 cm³/mol. The molecule has 136 valence electrons. The number of aromatic hydroxyl groups is 1. The fourth-order valence-corrected chi connectivity index (χ4v) is 2.93. The Morgan fingerprint density at radius 3 is 1.79 bits per heavy atom. The topological polar surface area (TPSA) is 66.6 Å². The number of carbonyl (C=O) groups excluding carboxylic acids is 1. The minimum Gasteiger partial charge on any atom is -0.508 e. The lowest BCUT2D eigenvalue weighted by Crippen LogP contribution is -2.36. The van der Waals surface area contributed by atoms with Gasteiger partial charge in [0.1, 0.15) is 5.75 Å². The zero-order valence-corrected chi connectivity index (χ0v) is 15.2. The Hall–Kier alpha value is -1.71. The molecule has 0 aliphatic rings. The summed E-state index contributed by atoms with van der Waals surface area (Å²) in [4.78, 5) is 13.2. The van der Waals surface area contributed by atoms with E-state index in [1.54, 1.807) is 29.2 Å². The molecule has 0 spiro atoms. The number of rotatable bonds is 13. The summed E-state index contributed by atoms with van der Waals surface area (Å²) in [5.74, 6) is 0.192. The van der Waals surface area contributed by atoms with Gasteiger partial charge in [0.05, 0.1) is 0 Å². The number of hydrogen-bond acceptors (Lipinski definition) is 2.